The van der Waals surface area contributed by atoms with Gasteiger partial charge in [0.05, 0.1) is 10.6 Å². The van der Waals surface area contributed by atoms with Crippen LogP contribution in [0.4, 0.5) is 0 Å². The van der Waals surface area contributed by atoms with Gasteiger partial charge in [-0.2, -0.15) is 8.42 Å². The normalized spacial score (nSPS) is 16.8. The molecule has 2 aromatic rings. The molecule has 0 atom stereocenters. The van der Waals surface area contributed by atoms with Gasteiger partial charge in [-0.15, -0.1) is 4.40 Å². The highest BCUT2D eigenvalue weighted by Gasteiger charge is 2.18. The molecule has 0 aromatic heterocycles. The lowest BCUT2D eigenvalue weighted by Gasteiger charge is -2.11. The van der Waals surface area contributed by atoms with Crippen molar-refractivity contribution in [2.75, 3.05) is 0 Å². The first-order chi connectivity index (χ1) is 13.3. The molecule has 142 valence electrons. The molecule has 0 saturated heterocycles. The number of benzene rings is 2. The molecular weight excluding hydrogens is 440 g/mol. The minimum atomic E-state index is -3.96. The van der Waals surface area contributed by atoms with Gasteiger partial charge in [0.25, 0.3) is 10.0 Å². The van der Waals surface area contributed by atoms with Crippen LogP contribution in [-0.4, -0.2) is 25.7 Å². The summed E-state index contributed by atoms with van der Waals surface area (Å²) < 4.78 is 30.4. The van der Waals surface area contributed by atoms with Crippen molar-refractivity contribution in [2.24, 2.45) is 9.39 Å². The number of carbonyl (C=O) groups is 1. The van der Waals surface area contributed by atoms with Crippen LogP contribution in [0.15, 0.2) is 96.7 Å². The van der Waals surface area contributed by atoms with Gasteiger partial charge in [-0.25, -0.2) is 4.99 Å². The molecule has 0 bridgehead atoms. The molecule has 5 nitrogen and oxygen atoms in total. The summed E-state index contributed by atoms with van der Waals surface area (Å²) >= 11 is 3.29. The summed E-state index contributed by atoms with van der Waals surface area (Å²) in [4.78, 5) is 16.4. The Morgan fingerprint density at radius 2 is 1.54 bits per heavy atom. The minimum Gasteiger partial charge on any atom is -0.290 e. The number of sulfonamides is 1. The maximum atomic E-state index is 12.8. The van der Waals surface area contributed by atoms with Crippen molar-refractivity contribution in [3.8, 4) is 0 Å². The second-order valence-electron chi connectivity index (χ2n) is 6.23. The smallest absolute Gasteiger partial charge is 0.284 e. The van der Waals surface area contributed by atoms with E-state index in [0.29, 0.717) is 22.4 Å². The number of halogens is 1. The van der Waals surface area contributed by atoms with Crippen LogP contribution in [0.2, 0.25) is 0 Å². The molecule has 0 aliphatic heterocycles. The van der Waals surface area contributed by atoms with Gasteiger partial charge in [-0.05, 0) is 61.4 Å². The summed E-state index contributed by atoms with van der Waals surface area (Å²) in [7, 11) is -3.96. The number of amidine groups is 1. The van der Waals surface area contributed by atoms with Crippen LogP contribution in [0.3, 0.4) is 0 Å². The Hall–Kier alpha value is -2.64. The molecule has 28 heavy (non-hydrogen) atoms. The zero-order valence-corrected chi connectivity index (χ0v) is 17.7. The topological polar surface area (TPSA) is 75.9 Å². The quantitative estimate of drug-likeness (QED) is 0.387. The fourth-order valence-corrected chi connectivity index (χ4v) is 3.73. The summed E-state index contributed by atoms with van der Waals surface area (Å²) in [5, 5.41) is 0. The highest BCUT2D eigenvalue weighted by atomic mass is 79.9. The lowest BCUT2D eigenvalue weighted by atomic mass is 9.98. The predicted molar refractivity (Wildman–Crippen MR) is 114 cm³/mol. The Labute approximate surface area is 172 Å². The SMILES string of the molecule is CC1=CC(=N/C(=N\S(=O)(=O)c2ccc(Br)cc2)c2ccccc2)C(C)=CC1=O. The molecular formula is C21H17BrN2O3S. The molecule has 0 spiro atoms. The average Bonchev–Trinajstić information content (AvgIpc) is 2.66. The maximum absolute atomic E-state index is 12.8. The molecule has 1 aliphatic rings. The van der Waals surface area contributed by atoms with Gasteiger partial charge in [0.2, 0.25) is 0 Å². The molecule has 2 aromatic carbocycles. The fourth-order valence-electron chi connectivity index (χ4n) is 2.51. The second-order valence-corrected chi connectivity index (χ2v) is 8.75. The summed E-state index contributed by atoms with van der Waals surface area (Å²) in [5.41, 5.74) is 2.25. The van der Waals surface area contributed by atoms with E-state index in [1.54, 1.807) is 56.3 Å². The van der Waals surface area contributed by atoms with Crippen LogP contribution in [0, 0.1) is 0 Å². The van der Waals surface area contributed by atoms with Crippen molar-refractivity contribution in [2.45, 2.75) is 18.7 Å². The van der Waals surface area contributed by atoms with Gasteiger partial charge >= 0.3 is 0 Å². The van der Waals surface area contributed by atoms with Crippen molar-refractivity contribution in [1.82, 2.24) is 0 Å². The Kier molecular flexibility index (Phi) is 5.86. The minimum absolute atomic E-state index is 0.0599. The first-order valence-corrected chi connectivity index (χ1v) is 10.7. The van der Waals surface area contributed by atoms with Gasteiger partial charge in [0.15, 0.2) is 11.6 Å². The highest BCUT2D eigenvalue weighted by Crippen LogP contribution is 2.19. The molecule has 0 amide bonds. The molecule has 0 fully saturated rings. The molecule has 0 N–H and O–H groups in total. The Morgan fingerprint density at radius 3 is 2.18 bits per heavy atom. The van der Waals surface area contributed by atoms with Crippen molar-refractivity contribution < 1.29 is 13.2 Å². The third-order valence-electron chi connectivity index (χ3n) is 4.07. The van der Waals surface area contributed by atoms with E-state index in [0.717, 1.165) is 4.47 Å². The van der Waals surface area contributed by atoms with Crippen LogP contribution in [0.5, 0.6) is 0 Å². The lowest BCUT2D eigenvalue weighted by molar-refractivity contribution is -0.111. The maximum Gasteiger partial charge on any atom is 0.284 e. The van der Waals surface area contributed by atoms with E-state index in [1.807, 2.05) is 6.07 Å². The number of hydrogen-bond donors (Lipinski definition) is 0. The van der Waals surface area contributed by atoms with Gasteiger partial charge in [-0.3, -0.25) is 4.79 Å². The number of aliphatic imine (C=N–C) groups is 1. The Morgan fingerprint density at radius 1 is 0.893 bits per heavy atom. The van der Waals surface area contributed by atoms with Crippen LogP contribution in [0.1, 0.15) is 19.4 Å². The van der Waals surface area contributed by atoms with Crippen LogP contribution >= 0.6 is 15.9 Å². The third-order valence-corrected chi connectivity index (χ3v) is 5.88. The molecule has 0 heterocycles. The van der Waals surface area contributed by atoms with Crippen molar-refractivity contribution in [3.63, 3.8) is 0 Å². The van der Waals surface area contributed by atoms with E-state index in [2.05, 4.69) is 25.3 Å². The number of ketones is 1. The third kappa shape index (κ3) is 4.61. The van der Waals surface area contributed by atoms with Crippen LogP contribution < -0.4 is 0 Å². The largest absolute Gasteiger partial charge is 0.290 e. The zero-order chi connectivity index (χ0) is 20.3. The van der Waals surface area contributed by atoms with Gasteiger partial charge < -0.3 is 0 Å². The predicted octanol–water partition coefficient (Wildman–Crippen LogP) is 4.50. The molecule has 7 heteroatoms. The van der Waals surface area contributed by atoms with E-state index >= 15 is 0 Å². The van der Waals surface area contributed by atoms with Crippen LogP contribution in [0.25, 0.3) is 0 Å². The Balaban J connectivity index is 2.15. The summed E-state index contributed by atoms with van der Waals surface area (Å²) in [6, 6.07) is 15.1. The first-order valence-electron chi connectivity index (χ1n) is 8.42. The molecule has 1 aliphatic carbocycles. The number of nitrogens with zero attached hydrogens (tertiary/aromatic N) is 2. The molecule has 0 unspecified atom stereocenters. The van der Waals surface area contributed by atoms with E-state index in [1.165, 1.54) is 18.2 Å². The lowest BCUT2D eigenvalue weighted by Crippen LogP contribution is -2.13. The summed E-state index contributed by atoms with van der Waals surface area (Å²) in [5.74, 6) is -0.0261. The van der Waals surface area contributed by atoms with Gasteiger partial charge in [-0.1, -0.05) is 46.3 Å². The van der Waals surface area contributed by atoms with Crippen molar-refractivity contribution >= 4 is 43.3 Å². The number of rotatable bonds is 3. The van der Waals surface area contributed by atoms with Crippen molar-refractivity contribution in [1.29, 1.82) is 0 Å². The zero-order valence-electron chi connectivity index (χ0n) is 15.3. The van der Waals surface area contributed by atoms with E-state index in [4.69, 9.17) is 0 Å². The van der Waals surface area contributed by atoms with E-state index in [9.17, 15) is 13.2 Å². The van der Waals surface area contributed by atoms with E-state index < -0.39 is 10.0 Å². The average molecular weight is 457 g/mol. The number of carbonyl (C=O) groups excluding carboxylic acids is 1. The summed E-state index contributed by atoms with van der Waals surface area (Å²) in [6.45, 7) is 3.45. The highest BCUT2D eigenvalue weighted by molar-refractivity contribution is 9.10. The number of allylic oxidation sites excluding steroid dienone is 4. The second kappa shape index (κ2) is 8.16. The van der Waals surface area contributed by atoms with Crippen molar-refractivity contribution in [3.05, 3.63) is 87.9 Å². The fraction of sp³-hybridized carbons (Fsp3) is 0.0952. The molecule has 0 saturated carbocycles. The monoisotopic (exact) mass is 456 g/mol. The first kappa shape index (κ1) is 20.1. The molecule has 0 radical (unpaired) electrons. The van der Waals surface area contributed by atoms with Crippen LogP contribution in [-0.2, 0) is 14.8 Å². The van der Waals surface area contributed by atoms with E-state index in [-0.39, 0.29) is 16.5 Å². The standard InChI is InChI=1S/C21H17BrN2O3S/c1-14-13-20(25)15(2)12-19(14)23-21(16-6-4-3-5-7-16)24-28(26,27)18-10-8-17(22)9-11-18/h3-13H,1-2H3/b23-19?,24-21-. The Bertz CT molecular complexity index is 1140. The molecule has 3 rings (SSSR count). The number of hydrogen-bond acceptors (Lipinski definition) is 3. The van der Waals surface area contributed by atoms with Gasteiger partial charge in [0, 0.05) is 10.0 Å². The van der Waals surface area contributed by atoms with Gasteiger partial charge in [0.1, 0.15) is 0 Å². The summed E-state index contributed by atoms with van der Waals surface area (Å²) in [6.07, 6.45) is 3.13.